The van der Waals surface area contributed by atoms with E-state index in [1.165, 1.54) is 21.4 Å². The maximum atomic E-state index is 15.0. The molecule has 1 heterocycles. The number of carbonyl (C=O) groups is 1. The van der Waals surface area contributed by atoms with Gasteiger partial charge in [0.05, 0.1) is 0 Å². The van der Waals surface area contributed by atoms with Gasteiger partial charge in [0, 0.05) is 37.0 Å². The maximum Gasteiger partial charge on any atom is 0 e. The first-order valence-corrected chi connectivity index (χ1v) is 22.6. The quantitative estimate of drug-likeness (QED) is 0.0964. The molecule has 1 radical (unpaired) electrons. The Morgan fingerprint density at radius 2 is 1.49 bits per heavy atom. The fraction of sp³-hybridized carbons (Fsp3) is 0.385. The van der Waals surface area contributed by atoms with Crippen molar-refractivity contribution in [2.24, 2.45) is 10.8 Å². The van der Waals surface area contributed by atoms with Crippen molar-refractivity contribution in [1.29, 1.82) is 0 Å². The number of hydrogen-bond donors (Lipinski definition) is 1. The zero-order valence-corrected chi connectivity index (χ0v) is 33.4. The fourth-order valence-electron chi connectivity index (χ4n) is 4.51. The summed E-state index contributed by atoms with van der Waals surface area (Å²) < 4.78 is 16.2. The second-order valence-corrected chi connectivity index (χ2v) is 26.3. The van der Waals surface area contributed by atoms with Gasteiger partial charge in [-0.3, -0.25) is 4.79 Å². The molecule has 0 saturated carbocycles. The van der Waals surface area contributed by atoms with Gasteiger partial charge >= 0.3 is 182 Å². The van der Waals surface area contributed by atoms with Crippen molar-refractivity contribution < 1.29 is 34.4 Å². The largest absolute Gasteiger partial charge is 0 e. The van der Waals surface area contributed by atoms with Crippen LogP contribution < -0.4 is 4.40 Å². The van der Waals surface area contributed by atoms with Crippen LogP contribution in [0.25, 0.3) is 33.2 Å². The maximum absolute atomic E-state index is 15.0. The van der Waals surface area contributed by atoms with Gasteiger partial charge in [0.1, 0.15) is 5.76 Å². The van der Waals surface area contributed by atoms with E-state index in [0.717, 1.165) is 22.2 Å². The van der Waals surface area contributed by atoms with Crippen LogP contribution in [0, 0.1) is 22.7 Å². The van der Waals surface area contributed by atoms with E-state index >= 15 is 4.39 Å². The molecule has 3 aromatic carbocycles. The van der Waals surface area contributed by atoms with Crippen molar-refractivity contribution in [1.82, 2.24) is 4.98 Å². The number of nitrogens with zero attached hydrogens (tertiary/aromatic N) is 1. The Morgan fingerprint density at radius 3 is 2.02 bits per heavy atom. The molecule has 0 atom stereocenters. The van der Waals surface area contributed by atoms with Crippen LogP contribution in [0.3, 0.4) is 0 Å². The molecule has 45 heavy (non-hydrogen) atoms. The Balaban J connectivity index is 0.000000430. The molecule has 0 aliphatic heterocycles. The Hall–Kier alpha value is -2.60. The number of aromatic nitrogens is 1. The number of hydrogen-bond acceptors (Lipinski definition) is 3. The van der Waals surface area contributed by atoms with Gasteiger partial charge in [-0.05, 0) is 0 Å². The Morgan fingerprint density at radius 1 is 0.867 bits per heavy atom. The third-order valence-corrected chi connectivity index (χ3v) is 11.8. The third kappa shape index (κ3) is 10.2. The van der Waals surface area contributed by atoms with E-state index in [0.29, 0.717) is 5.56 Å². The van der Waals surface area contributed by atoms with Crippen molar-refractivity contribution in [3.05, 3.63) is 96.1 Å². The first kappa shape index (κ1) is 38.6. The third-order valence-electron chi connectivity index (χ3n) is 7.54. The molecule has 0 amide bonds. The molecule has 3 nitrogen and oxygen atoms in total. The van der Waals surface area contributed by atoms with Crippen LogP contribution in [0.15, 0.2) is 78.7 Å². The first-order chi connectivity index (χ1) is 20.1. The van der Waals surface area contributed by atoms with Gasteiger partial charge in [-0.1, -0.05) is 47.6 Å². The van der Waals surface area contributed by atoms with Crippen LogP contribution >= 0.6 is 0 Å². The molecular formula is C39H49FGeIrNO2-. The van der Waals surface area contributed by atoms with Gasteiger partial charge in [-0.15, -0.1) is 0 Å². The summed E-state index contributed by atoms with van der Waals surface area (Å²) in [4.78, 5) is 16.1. The monoisotopic (exact) mass is 849 g/mol. The minimum absolute atomic E-state index is 0. The van der Waals surface area contributed by atoms with E-state index in [9.17, 15) is 9.90 Å². The van der Waals surface area contributed by atoms with E-state index in [4.69, 9.17) is 0 Å². The fourth-order valence-corrected chi connectivity index (χ4v) is 6.91. The summed E-state index contributed by atoms with van der Waals surface area (Å²) in [7, 11) is 0. The summed E-state index contributed by atoms with van der Waals surface area (Å²) in [6, 6.07) is 23.7. The molecule has 1 N–H and O–H groups in total. The zero-order valence-electron chi connectivity index (χ0n) is 28.9. The number of carbonyl (C=O) groups excluding carboxylic acids is 1. The molecule has 6 heteroatoms. The summed E-state index contributed by atoms with van der Waals surface area (Å²) in [5.41, 5.74) is 3.70. The summed E-state index contributed by atoms with van der Waals surface area (Å²) in [5.74, 6) is 6.78. The molecule has 0 fully saturated rings. The van der Waals surface area contributed by atoms with Gasteiger partial charge in [-0.2, -0.15) is 0 Å². The molecule has 0 bridgehead atoms. The second-order valence-electron chi connectivity index (χ2n) is 15.7. The Bertz CT molecular complexity index is 1680. The normalized spacial score (nSPS) is 12.7. The number of allylic oxidation sites excluding steroid dienone is 2. The van der Waals surface area contributed by atoms with E-state index in [-0.39, 0.29) is 48.3 Å². The number of aliphatic hydroxyl groups excluding tert-OH is 1. The van der Waals surface area contributed by atoms with E-state index in [2.05, 4.69) is 79.4 Å². The first-order valence-electron chi connectivity index (χ1n) is 15.3. The number of halogens is 1. The van der Waals surface area contributed by atoms with Gasteiger partial charge in [0.25, 0.3) is 0 Å². The minimum atomic E-state index is -2.07. The average Bonchev–Trinajstić information content (AvgIpc) is 2.90. The Labute approximate surface area is 286 Å². The summed E-state index contributed by atoms with van der Waals surface area (Å²) in [6.07, 6.45) is 3.10. The molecule has 0 aliphatic rings. The van der Waals surface area contributed by atoms with Crippen LogP contribution in [0.4, 0.5) is 4.39 Å². The summed E-state index contributed by atoms with van der Waals surface area (Å²) in [6.45, 7) is 17.8. The topological polar surface area (TPSA) is 50.2 Å². The number of ketones is 1. The van der Waals surface area contributed by atoms with Crippen molar-refractivity contribution in [2.75, 3.05) is 0 Å². The molecule has 243 valence electrons. The van der Waals surface area contributed by atoms with Crippen molar-refractivity contribution in [3.63, 3.8) is 0 Å². The molecule has 0 aliphatic carbocycles. The van der Waals surface area contributed by atoms with Gasteiger partial charge in [0.2, 0.25) is 0 Å². The molecule has 4 rings (SSSR count). The molecule has 4 aromatic rings. The van der Waals surface area contributed by atoms with Crippen LogP contribution in [0.1, 0.15) is 67.9 Å². The molecule has 0 spiro atoms. The zero-order chi connectivity index (χ0) is 33.3. The SMILES string of the molecule is CC(C)(C)C(=O)/C=C(\O)C(C)(C)C.CC(C)(C)c1cc(-c2cc(-c3cc[c]([Ge]([CH3])([CH3])[CH3])cc3F)ccn2)[c-]c2ccccc12.[Ir]. The van der Waals surface area contributed by atoms with Crippen molar-refractivity contribution >= 4 is 34.2 Å². The number of rotatable bonds is 4. The van der Waals surface area contributed by atoms with Crippen molar-refractivity contribution in [2.45, 2.75) is 85.0 Å². The van der Waals surface area contributed by atoms with Gasteiger partial charge in [0.15, 0.2) is 5.78 Å². The van der Waals surface area contributed by atoms with Crippen molar-refractivity contribution in [3.8, 4) is 22.4 Å². The van der Waals surface area contributed by atoms with Crippen LogP contribution in [0.5, 0.6) is 0 Å². The average molecular weight is 848 g/mol. The van der Waals surface area contributed by atoms with Crippen LogP contribution in [-0.4, -0.2) is 29.1 Å². The Kier molecular flexibility index (Phi) is 12.4. The molecule has 1 aromatic heterocycles. The van der Waals surface area contributed by atoms with Gasteiger partial charge in [-0.25, -0.2) is 0 Å². The van der Waals surface area contributed by atoms with E-state index in [1.54, 1.807) is 12.3 Å². The number of fused-ring (bicyclic) bond motifs is 1. The summed E-state index contributed by atoms with van der Waals surface area (Å²) in [5, 5.41) is 11.8. The molecule has 0 saturated heterocycles. The minimum Gasteiger partial charge on any atom is 0 e. The van der Waals surface area contributed by atoms with Gasteiger partial charge < -0.3 is 5.11 Å². The number of pyridine rings is 1. The standard InChI is InChI=1S/C28H29FGeN.C11H20O2.Ir/c1-28(2,3)25-16-21(15-19-9-7-8-10-23(19)25)27-17-20(13-14-31-27)24-12-11-22(18-26(24)29)30(4,5)6;1-10(2,3)8(12)7-9(13)11(4,5)6;/h7-14,16-18H,1-6H3;7,12H,1-6H3;/q-1;;/b;8-7-;. The van der Waals surface area contributed by atoms with Crippen LogP contribution in [-0.2, 0) is 30.3 Å². The van der Waals surface area contributed by atoms with Crippen LogP contribution in [0.2, 0.25) is 17.3 Å². The summed E-state index contributed by atoms with van der Waals surface area (Å²) >= 11 is -2.07. The number of benzene rings is 3. The van der Waals surface area contributed by atoms with E-state index < -0.39 is 18.7 Å². The number of aliphatic hydroxyl groups is 1. The molecular weight excluding hydrogens is 798 g/mol. The van der Waals surface area contributed by atoms with E-state index in [1.807, 2.05) is 65.8 Å². The predicted octanol–water partition coefficient (Wildman–Crippen LogP) is 10.4. The second kappa shape index (κ2) is 14.4. The smallest absolute Gasteiger partial charge is 0 e. The predicted molar refractivity (Wildman–Crippen MR) is 188 cm³/mol. The molecule has 0 unspecified atom stereocenters.